The van der Waals surface area contributed by atoms with Crippen molar-refractivity contribution in [2.75, 3.05) is 30.4 Å². The van der Waals surface area contributed by atoms with Gasteiger partial charge >= 0.3 is 7.75 Å². The van der Waals surface area contributed by atoms with Crippen LogP contribution in [0.25, 0.3) is 0 Å². The number of hydrogen-bond donors (Lipinski definition) is 0. The summed E-state index contributed by atoms with van der Waals surface area (Å²) < 4.78 is 36.4. The molecule has 1 saturated heterocycles. The first kappa shape index (κ1) is 20.4. The molecule has 0 N–H and O–H groups in total. The van der Waals surface area contributed by atoms with Crippen molar-refractivity contribution in [2.45, 2.75) is 32.7 Å². The summed E-state index contributed by atoms with van der Waals surface area (Å²) in [5.41, 5.74) is 0.414. The fourth-order valence-electron chi connectivity index (χ4n) is 2.39. The Morgan fingerprint density at radius 3 is 2.56 bits per heavy atom. The molecule has 0 aliphatic carbocycles. The lowest BCUT2D eigenvalue weighted by Crippen LogP contribution is -2.30. The Morgan fingerprint density at radius 1 is 1.36 bits per heavy atom. The first-order valence-electron chi connectivity index (χ1n) is 7.90. The maximum absolute atomic E-state index is 13.3. The Kier molecular flexibility index (Phi) is 7.02. The second-order valence-corrected chi connectivity index (χ2v) is 8.14. The summed E-state index contributed by atoms with van der Waals surface area (Å²) in [6.45, 7) is 5.09. The molecule has 1 aromatic carbocycles. The number of hydrogen-bond acceptors (Lipinski definition) is 6. The fourth-order valence-corrected chi connectivity index (χ4v) is 4.32. The minimum atomic E-state index is -3.95. The normalized spacial score (nSPS) is 21.7. The number of carbonyl (C=O) groups is 1. The fraction of sp³-hybridized carbons (Fsp3) is 0.562. The molecule has 0 aromatic heterocycles. The average molecular weight is 392 g/mol. The van der Waals surface area contributed by atoms with E-state index < -0.39 is 25.5 Å². The highest BCUT2D eigenvalue weighted by Gasteiger charge is 2.40. The van der Waals surface area contributed by atoms with Gasteiger partial charge in [-0.25, -0.2) is 9.24 Å². The predicted octanol–water partition coefficient (Wildman–Crippen LogP) is 3.57. The molecule has 140 valence electrons. The lowest BCUT2D eigenvalue weighted by molar-refractivity contribution is -0.141. The van der Waals surface area contributed by atoms with Crippen LogP contribution in [-0.2, 0) is 27.9 Å². The second-order valence-electron chi connectivity index (χ2n) is 5.90. The van der Waals surface area contributed by atoms with E-state index in [1.807, 2.05) is 0 Å². The van der Waals surface area contributed by atoms with E-state index in [-0.39, 0.29) is 19.1 Å². The van der Waals surface area contributed by atoms with Gasteiger partial charge in [0.2, 0.25) is 5.91 Å². The van der Waals surface area contributed by atoms with E-state index >= 15 is 0 Å². The summed E-state index contributed by atoms with van der Waals surface area (Å²) in [5.74, 6) is -1.08. The SMILES string of the molecule is CC(=O)N(c1ccccc1)P(=O)(OCCCl)OCC1COC(C)(C)O1. The number of ether oxygens (including phenoxy) is 2. The molecule has 1 aliphatic rings. The van der Waals surface area contributed by atoms with Crippen molar-refractivity contribution in [3.63, 3.8) is 0 Å². The Morgan fingerprint density at radius 2 is 2.04 bits per heavy atom. The summed E-state index contributed by atoms with van der Waals surface area (Å²) in [6, 6.07) is 8.56. The second kappa shape index (κ2) is 8.62. The summed E-state index contributed by atoms with van der Waals surface area (Å²) in [5, 5.41) is 0. The van der Waals surface area contributed by atoms with Gasteiger partial charge in [0.15, 0.2) is 5.79 Å². The van der Waals surface area contributed by atoms with Crippen LogP contribution in [0.2, 0.25) is 0 Å². The largest absolute Gasteiger partial charge is 0.442 e. The molecule has 2 atom stereocenters. The highest BCUT2D eigenvalue weighted by molar-refractivity contribution is 7.56. The van der Waals surface area contributed by atoms with E-state index in [9.17, 15) is 9.36 Å². The first-order chi connectivity index (χ1) is 11.8. The van der Waals surface area contributed by atoms with Crippen molar-refractivity contribution in [3.05, 3.63) is 30.3 Å². The molecule has 1 aromatic rings. The lowest BCUT2D eigenvalue weighted by Gasteiger charge is -2.30. The van der Waals surface area contributed by atoms with Crippen LogP contribution >= 0.6 is 19.3 Å². The lowest BCUT2D eigenvalue weighted by atomic mass is 10.3. The van der Waals surface area contributed by atoms with Crippen molar-refractivity contribution >= 4 is 30.9 Å². The number of rotatable bonds is 8. The molecule has 7 nitrogen and oxygen atoms in total. The van der Waals surface area contributed by atoms with Gasteiger partial charge in [0.05, 0.1) is 25.5 Å². The van der Waals surface area contributed by atoms with Gasteiger partial charge in [0.1, 0.15) is 6.10 Å². The summed E-state index contributed by atoms with van der Waals surface area (Å²) in [4.78, 5) is 12.2. The molecule has 0 saturated carbocycles. The topological polar surface area (TPSA) is 74.3 Å². The number of benzene rings is 1. The van der Waals surface area contributed by atoms with Gasteiger partial charge in [-0.15, -0.1) is 11.6 Å². The van der Waals surface area contributed by atoms with E-state index in [0.29, 0.717) is 12.3 Å². The van der Waals surface area contributed by atoms with Gasteiger partial charge in [0.25, 0.3) is 0 Å². The van der Waals surface area contributed by atoms with Gasteiger partial charge in [0, 0.05) is 12.8 Å². The Bertz CT molecular complexity index is 626. The standard InChI is InChI=1S/C16H23ClNO6P/c1-13(19)18(14-7-5-4-6-8-14)25(20,22-10-9-17)23-12-15-11-21-16(2,3)24-15/h4-8,15H,9-12H2,1-3H3. The minimum Gasteiger partial charge on any atom is -0.348 e. The molecule has 2 unspecified atom stereocenters. The zero-order valence-electron chi connectivity index (χ0n) is 14.5. The summed E-state index contributed by atoms with van der Waals surface area (Å²) in [6.07, 6.45) is -0.410. The van der Waals surface area contributed by atoms with Gasteiger partial charge in [-0.2, -0.15) is 0 Å². The third-order valence-corrected chi connectivity index (χ3v) is 5.51. The van der Waals surface area contributed by atoms with Gasteiger partial charge in [-0.1, -0.05) is 18.2 Å². The Balaban J connectivity index is 2.19. The Hall–Kier alpha value is -0.950. The molecule has 9 heteroatoms. The summed E-state index contributed by atoms with van der Waals surface area (Å²) in [7, 11) is -3.95. The number of anilines is 1. The van der Waals surface area contributed by atoms with Crippen LogP contribution in [0.15, 0.2) is 30.3 Å². The number of amides is 1. The van der Waals surface area contributed by atoms with Crippen LogP contribution in [0.3, 0.4) is 0 Å². The number of halogens is 1. The van der Waals surface area contributed by atoms with Crippen LogP contribution in [0, 0.1) is 0 Å². The molecule has 2 rings (SSSR count). The minimum absolute atomic E-state index is 0.0248. The number of carbonyl (C=O) groups excluding carboxylic acids is 1. The molecular formula is C16H23ClNO6P. The quantitative estimate of drug-likeness (QED) is 0.498. The predicted molar refractivity (Wildman–Crippen MR) is 94.7 cm³/mol. The zero-order chi connectivity index (χ0) is 18.5. The van der Waals surface area contributed by atoms with Crippen LogP contribution in [0.5, 0.6) is 0 Å². The summed E-state index contributed by atoms with van der Waals surface area (Å²) >= 11 is 5.65. The van der Waals surface area contributed by atoms with Crippen molar-refractivity contribution in [1.29, 1.82) is 0 Å². The molecule has 1 heterocycles. The maximum Gasteiger partial charge on any atom is 0.442 e. The molecular weight excluding hydrogens is 369 g/mol. The average Bonchev–Trinajstić information content (AvgIpc) is 2.91. The van der Waals surface area contributed by atoms with E-state index in [0.717, 1.165) is 4.67 Å². The van der Waals surface area contributed by atoms with Gasteiger partial charge < -0.3 is 9.47 Å². The molecule has 1 amide bonds. The molecule has 0 spiro atoms. The third-order valence-electron chi connectivity index (χ3n) is 3.37. The highest BCUT2D eigenvalue weighted by atomic mass is 35.5. The van der Waals surface area contributed by atoms with E-state index in [4.69, 9.17) is 30.1 Å². The zero-order valence-corrected chi connectivity index (χ0v) is 16.2. The van der Waals surface area contributed by atoms with Crippen molar-refractivity contribution in [3.8, 4) is 0 Å². The number of nitrogens with zero attached hydrogens (tertiary/aromatic N) is 1. The van der Waals surface area contributed by atoms with Crippen LogP contribution in [0.1, 0.15) is 20.8 Å². The molecule has 25 heavy (non-hydrogen) atoms. The Labute approximate surface area is 152 Å². The third kappa shape index (κ3) is 5.51. The smallest absolute Gasteiger partial charge is 0.348 e. The van der Waals surface area contributed by atoms with Crippen molar-refractivity contribution in [1.82, 2.24) is 0 Å². The maximum atomic E-state index is 13.3. The molecule has 1 aliphatic heterocycles. The molecule has 0 bridgehead atoms. The number of para-hydroxylation sites is 1. The van der Waals surface area contributed by atoms with E-state index in [1.54, 1.807) is 44.2 Å². The molecule has 1 fully saturated rings. The van der Waals surface area contributed by atoms with Gasteiger partial charge in [-0.3, -0.25) is 13.8 Å². The van der Waals surface area contributed by atoms with Crippen molar-refractivity contribution < 1.29 is 27.9 Å². The number of alkyl halides is 1. The van der Waals surface area contributed by atoms with Crippen LogP contribution in [-0.4, -0.2) is 43.5 Å². The van der Waals surface area contributed by atoms with Crippen molar-refractivity contribution in [2.24, 2.45) is 0 Å². The van der Waals surface area contributed by atoms with Gasteiger partial charge in [-0.05, 0) is 26.0 Å². The monoisotopic (exact) mass is 391 g/mol. The van der Waals surface area contributed by atoms with Crippen LogP contribution < -0.4 is 4.67 Å². The van der Waals surface area contributed by atoms with Crippen LogP contribution in [0.4, 0.5) is 5.69 Å². The van der Waals surface area contributed by atoms with E-state index in [1.165, 1.54) is 6.92 Å². The van der Waals surface area contributed by atoms with E-state index in [2.05, 4.69) is 0 Å². The first-order valence-corrected chi connectivity index (χ1v) is 9.93. The highest BCUT2D eigenvalue weighted by Crippen LogP contribution is 2.54. The molecule has 0 radical (unpaired) electrons.